The van der Waals surface area contributed by atoms with Gasteiger partial charge in [-0.2, -0.15) is 0 Å². The van der Waals surface area contributed by atoms with Crippen molar-refractivity contribution in [1.82, 2.24) is 10.6 Å². The van der Waals surface area contributed by atoms with Crippen LogP contribution in [0.25, 0.3) is 0 Å². The topological polar surface area (TPSA) is 50.4 Å². The first-order valence-electron chi connectivity index (χ1n) is 6.92. The Morgan fingerprint density at radius 3 is 2.43 bits per heavy atom. The standard InChI is InChI=1S/C14H20Cl2F2N2O2S/c1-8(9-5-10(15)23-11(9)16)19-6-14(17,18)7-20-12(21)22-13(2,3)4/h5,8,19H,6-7H2,1-4H3,(H,20,21). The fraction of sp³-hybridized carbons (Fsp3) is 0.643. The van der Waals surface area contributed by atoms with Crippen LogP contribution in [0.5, 0.6) is 0 Å². The minimum absolute atomic E-state index is 0.390. The van der Waals surface area contributed by atoms with Gasteiger partial charge < -0.3 is 15.4 Å². The van der Waals surface area contributed by atoms with Crippen LogP contribution in [-0.2, 0) is 4.74 Å². The van der Waals surface area contributed by atoms with Gasteiger partial charge in [-0.05, 0) is 39.3 Å². The normalized spacial score (nSPS) is 13.7. The minimum Gasteiger partial charge on any atom is -0.444 e. The molecule has 1 aromatic rings. The zero-order valence-corrected chi connectivity index (χ0v) is 15.6. The van der Waals surface area contributed by atoms with Crippen LogP contribution in [0.4, 0.5) is 13.6 Å². The molecule has 9 heteroatoms. The van der Waals surface area contributed by atoms with Crippen LogP contribution in [0, 0.1) is 0 Å². The Labute approximate surface area is 148 Å². The Kier molecular flexibility index (Phi) is 7.07. The molecule has 0 radical (unpaired) electrons. The predicted octanol–water partition coefficient (Wildman–Crippen LogP) is 4.87. The number of ether oxygens (including phenoxy) is 1. The summed E-state index contributed by atoms with van der Waals surface area (Å²) in [7, 11) is 0. The van der Waals surface area contributed by atoms with Crippen molar-refractivity contribution >= 4 is 40.6 Å². The lowest BCUT2D eigenvalue weighted by Crippen LogP contribution is -2.45. The van der Waals surface area contributed by atoms with Gasteiger partial charge in [-0.25, -0.2) is 13.6 Å². The summed E-state index contributed by atoms with van der Waals surface area (Å²) in [5.41, 5.74) is -0.0706. The van der Waals surface area contributed by atoms with E-state index in [1.54, 1.807) is 33.8 Å². The van der Waals surface area contributed by atoms with Crippen molar-refractivity contribution in [3.05, 3.63) is 20.3 Å². The van der Waals surface area contributed by atoms with Crippen LogP contribution >= 0.6 is 34.5 Å². The van der Waals surface area contributed by atoms with E-state index in [-0.39, 0.29) is 0 Å². The van der Waals surface area contributed by atoms with Gasteiger partial charge in [-0.3, -0.25) is 0 Å². The van der Waals surface area contributed by atoms with Crippen molar-refractivity contribution in [3.8, 4) is 0 Å². The van der Waals surface area contributed by atoms with Gasteiger partial charge in [0.05, 0.1) is 21.8 Å². The molecule has 0 bridgehead atoms. The molecule has 1 amide bonds. The molecule has 0 aliphatic carbocycles. The summed E-state index contributed by atoms with van der Waals surface area (Å²) in [4.78, 5) is 11.4. The number of nitrogens with one attached hydrogen (secondary N) is 2. The number of amides is 1. The molecule has 4 nitrogen and oxygen atoms in total. The maximum Gasteiger partial charge on any atom is 0.407 e. The molecule has 0 aliphatic heterocycles. The maximum absolute atomic E-state index is 13.8. The second-order valence-corrected chi connectivity index (χ2v) is 8.38. The fourth-order valence-corrected chi connectivity index (χ4v) is 3.28. The molecule has 0 aliphatic rings. The Morgan fingerprint density at radius 1 is 1.35 bits per heavy atom. The fourth-order valence-electron chi connectivity index (χ4n) is 1.64. The van der Waals surface area contributed by atoms with Crippen LogP contribution in [0.1, 0.15) is 39.3 Å². The van der Waals surface area contributed by atoms with Crippen LogP contribution in [-0.4, -0.2) is 30.7 Å². The van der Waals surface area contributed by atoms with Crippen LogP contribution < -0.4 is 10.6 Å². The second kappa shape index (κ2) is 7.96. The molecule has 0 spiro atoms. The van der Waals surface area contributed by atoms with E-state index in [0.717, 1.165) is 0 Å². The van der Waals surface area contributed by atoms with Crippen molar-refractivity contribution in [2.45, 2.75) is 45.3 Å². The third-order valence-electron chi connectivity index (χ3n) is 2.71. The summed E-state index contributed by atoms with van der Waals surface area (Å²) in [5, 5.41) is 4.75. The molecule has 1 atom stereocenters. The lowest BCUT2D eigenvalue weighted by Gasteiger charge is -2.23. The monoisotopic (exact) mass is 388 g/mol. The van der Waals surface area contributed by atoms with E-state index < -0.39 is 36.7 Å². The number of hydrogen-bond acceptors (Lipinski definition) is 4. The lowest BCUT2D eigenvalue weighted by atomic mass is 10.1. The van der Waals surface area contributed by atoms with E-state index in [2.05, 4.69) is 10.6 Å². The quantitative estimate of drug-likeness (QED) is 0.730. The van der Waals surface area contributed by atoms with E-state index in [1.807, 2.05) is 0 Å². The molecule has 0 aromatic carbocycles. The molecule has 0 saturated heterocycles. The van der Waals surface area contributed by atoms with Gasteiger partial charge in [-0.15, -0.1) is 11.3 Å². The number of thiophene rings is 1. The average Bonchev–Trinajstić information content (AvgIpc) is 2.71. The van der Waals surface area contributed by atoms with Gasteiger partial charge in [0.15, 0.2) is 0 Å². The molecule has 2 N–H and O–H groups in total. The SMILES string of the molecule is CC(NCC(F)(F)CNC(=O)OC(C)(C)C)c1cc(Cl)sc1Cl. The number of carbonyl (C=O) groups excluding carboxylic acids is 1. The first kappa shape index (κ1) is 20.4. The minimum atomic E-state index is -3.13. The summed E-state index contributed by atoms with van der Waals surface area (Å²) in [6.45, 7) is 5.24. The van der Waals surface area contributed by atoms with Gasteiger partial charge >= 0.3 is 6.09 Å². The summed E-state index contributed by atoms with van der Waals surface area (Å²) in [6, 6.07) is 1.25. The molecule has 1 heterocycles. The Hall–Kier alpha value is -0.630. The molecule has 132 valence electrons. The van der Waals surface area contributed by atoms with E-state index >= 15 is 0 Å². The predicted molar refractivity (Wildman–Crippen MR) is 89.9 cm³/mol. The number of hydrogen-bond donors (Lipinski definition) is 2. The highest BCUT2D eigenvalue weighted by Gasteiger charge is 2.31. The number of halogens is 4. The summed E-state index contributed by atoms with van der Waals surface area (Å²) < 4.78 is 33.5. The highest BCUT2D eigenvalue weighted by molar-refractivity contribution is 7.20. The van der Waals surface area contributed by atoms with Crippen molar-refractivity contribution in [2.24, 2.45) is 0 Å². The van der Waals surface area contributed by atoms with Gasteiger partial charge in [0.25, 0.3) is 5.92 Å². The number of alkyl halides is 2. The largest absolute Gasteiger partial charge is 0.444 e. The summed E-state index contributed by atoms with van der Waals surface area (Å²) in [6.07, 6.45) is -0.877. The van der Waals surface area contributed by atoms with Crippen molar-refractivity contribution in [1.29, 1.82) is 0 Å². The maximum atomic E-state index is 13.8. The number of alkyl carbamates (subject to hydrolysis) is 1. The Morgan fingerprint density at radius 2 is 1.96 bits per heavy atom. The Bertz CT molecular complexity index is 547. The van der Waals surface area contributed by atoms with E-state index in [1.165, 1.54) is 11.3 Å². The molecular weight excluding hydrogens is 369 g/mol. The van der Waals surface area contributed by atoms with E-state index in [4.69, 9.17) is 27.9 Å². The smallest absolute Gasteiger partial charge is 0.407 e. The van der Waals surface area contributed by atoms with Crippen LogP contribution in [0.2, 0.25) is 8.67 Å². The zero-order chi connectivity index (χ0) is 17.8. The first-order chi connectivity index (χ1) is 10.4. The lowest BCUT2D eigenvalue weighted by molar-refractivity contribution is -0.00524. The van der Waals surface area contributed by atoms with Gasteiger partial charge in [0.1, 0.15) is 5.60 Å². The summed E-state index contributed by atoms with van der Waals surface area (Å²) >= 11 is 13.0. The first-order valence-corrected chi connectivity index (χ1v) is 8.50. The van der Waals surface area contributed by atoms with Gasteiger partial charge in [0, 0.05) is 6.04 Å². The highest BCUT2D eigenvalue weighted by atomic mass is 35.5. The molecular formula is C14H20Cl2F2N2O2S. The molecule has 1 rings (SSSR count). The molecule has 23 heavy (non-hydrogen) atoms. The highest BCUT2D eigenvalue weighted by Crippen LogP contribution is 2.35. The van der Waals surface area contributed by atoms with Crippen molar-refractivity contribution in [2.75, 3.05) is 13.1 Å². The Balaban J connectivity index is 2.46. The second-order valence-electron chi connectivity index (χ2n) is 6.09. The van der Waals surface area contributed by atoms with Gasteiger partial charge in [0.2, 0.25) is 0 Å². The van der Waals surface area contributed by atoms with Crippen molar-refractivity contribution in [3.63, 3.8) is 0 Å². The number of rotatable bonds is 6. The third kappa shape index (κ3) is 7.65. The van der Waals surface area contributed by atoms with Crippen LogP contribution in [0.15, 0.2) is 6.07 Å². The summed E-state index contributed by atoms with van der Waals surface area (Å²) in [5.74, 6) is -3.13. The van der Waals surface area contributed by atoms with Crippen LogP contribution in [0.3, 0.4) is 0 Å². The van der Waals surface area contributed by atoms with Gasteiger partial charge in [-0.1, -0.05) is 23.2 Å². The van der Waals surface area contributed by atoms with E-state index in [0.29, 0.717) is 14.2 Å². The molecule has 1 unspecified atom stereocenters. The van der Waals surface area contributed by atoms with Crippen molar-refractivity contribution < 1.29 is 18.3 Å². The average molecular weight is 389 g/mol. The third-order valence-corrected chi connectivity index (χ3v) is 4.22. The molecule has 1 aromatic heterocycles. The van der Waals surface area contributed by atoms with E-state index in [9.17, 15) is 13.6 Å². The number of carbonyl (C=O) groups is 1. The zero-order valence-electron chi connectivity index (χ0n) is 13.3. The molecule has 0 fully saturated rings. The molecule has 0 saturated carbocycles.